The summed E-state index contributed by atoms with van der Waals surface area (Å²) >= 11 is 6.07. The molecular formula is C16H12ClNO6. The van der Waals surface area contributed by atoms with E-state index >= 15 is 0 Å². The van der Waals surface area contributed by atoms with Crippen molar-refractivity contribution in [3.63, 3.8) is 0 Å². The molecule has 2 aromatic carbocycles. The highest BCUT2D eigenvalue weighted by Crippen LogP contribution is 2.38. The normalized spacial score (nSPS) is 13.4. The van der Waals surface area contributed by atoms with Gasteiger partial charge in [0.15, 0.2) is 11.5 Å². The molecule has 7 nitrogen and oxygen atoms in total. The lowest BCUT2D eigenvalue weighted by atomic mass is 10.1. The van der Waals surface area contributed by atoms with E-state index in [0.29, 0.717) is 10.6 Å². The second-order valence-corrected chi connectivity index (χ2v) is 5.46. The minimum absolute atomic E-state index is 0.0545. The molecule has 1 heterocycles. The van der Waals surface area contributed by atoms with Crippen LogP contribution < -0.4 is 9.47 Å². The first-order valence-corrected chi connectivity index (χ1v) is 7.38. The molecule has 1 aliphatic rings. The van der Waals surface area contributed by atoms with Crippen LogP contribution in [0.4, 0.5) is 5.69 Å². The van der Waals surface area contributed by atoms with Crippen molar-refractivity contribution in [3.8, 4) is 11.5 Å². The fourth-order valence-electron chi connectivity index (χ4n) is 2.34. The zero-order chi connectivity index (χ0) is 17.3. The van der Waals surface area contributed by atoms with Gasteiger partial charge in [-0.3, -0.25) is 10.1 Å². The van der Waals surface area contributed by atoms with E-state index in [4.69, 9.17) is 25.8 Å². The van der Waals surface area contributed by atoms with Gasteiger partial charge in [0.05, 0.1) is 11.0 Å². The Morgan fingerprint density at radius 1 is 1.29 bits per heavy atom. The lowest BCUT2D eigenvalue weighted by Gasteiger charge is -2.15. The third-order valence-electron chi connectivity index (χ3n) is 3.53. The highest BCUT2D eigenvalue weighted by atomic mass is 35.5. The Labute approximate surface area is 141 Å². The number of fused-ring (bicyclic) bond motifs is 1. The van der Waals surface area contributed by atoms with Gasteiger partial charge in [-0.05, 0) is 13.0 Å². The molecule has 0 spiro atoms. The van der Waals surface area contributed by atoms with Crippen LogP contribution in [0.3, 0.4) is 0 Å². The van der Waals surface area contributed by atoms with Crippen molar-refractivity contribution in [2.75, 3.05) is 6.79 Å². The van der Waals surface area contributed by atoms with Gasteiger partial charge >= 0.3 is 5.97 Å². The summed E-state index contributed by atoms with van der Waals surface area (Å²) in [6.07, 6.45) is -0.670. The van der Waals surface area contributed by atoms with Gasteiger partial charge in [-0.2, -0.15) is 0 Å². The van der Waals surface area contributed by atoms with Crippen LogP contribution in [-0.4, -0.2) is 17.7 Å². The molecule has 1 aliphatic heterocycles. The summed E-state index contributed by atoms with van der Waals surface area (Å²) in [5.74, 6) is -0.359. The van der Waals surface area contributed by atoms with E-state index < -0.39 is 22.7 Å². The first kappa shape index (κ1) is 16.1. The van der Waals surface area contributed by atoms with Crippen LogP contribution >= 0.6 is 11.6 Å². The molecule has 0 aliphatic carbocycles. The molecule has 0 radical (unpaired) electrons. The monoisotopic (exact) mass is 349 g/mol. The third kappa shape index (κ3) is 2.98. The van der Waals surface area contributed by atoms with E-state index in [1.54, 1.807) is 31.2 Å². The minimum atomic E-state index is -0.840. The van der Waals surface area contributed by atoms with Crippen molar-refractivity contribution in [2.45, 2.75) is 13.0 Å². The Bertz CT molecular complexity index is 822. The van der Waals surface area contributed by atoms with Gasteiger partial charge < -0.3 is 14.2 Å². The third-order valence-corrected chi connectivity index (χ3v) is 3.88. The quantitative estimate of drug-likeness (QED) is 0.472. The molecule has 0 aromatic heterocycles. The van der Waals surface area contributed by atoms with E-state index in [2.05, 4.69) is 0 Å². The zero-order valence-electron chi connectivity index (χ0n) is 12.5. The number of nitrogens with zero attached hydrogens (tertiary/aromatic N) is 1. The number of carbonyl (C=O) groups is 1. The number of ether oxygens (including phenoxy) is 3. The van der Waals surface area contributed by atoms with Crippen molar-refractivity contribution in [1.82, 2.24) is 0 Å². The smallest absolute Gasteiger partial charge is 0.345 e. The summed E-state index contributed by atoms with van der Waals surface area (Å²) in [6.45, 7) is 1.58. The molecule has 0 N–H and O–H groups in total. The Kier molecular flexibility index (Phi) is 4.26. The standard InChI is InChI=1S/C16H12ClNO6/c1-9(10-4-2-3-5-12(10)17)24-16(19)11-6-14-15(23-8-22-14)7-13(11)18(20)21/h2-7,9H,8H2,1H3. The van der Waals surface area contributed by atoms with Crippen LogP contribution in [0.15, 0.2) is 36.4 Å². The molecule has 0 fully saturated rings. The Hall–Kier alpha value is -2.80. The maximum absolute atomic E-state index is 12.4. The first-order chi connectivity index (χ1) is 11.5. The maximum Gasteiger partial charge on any atom is 0.345 e. The van der Waals surface area contributed by atoms with Crippen LogP contribution in [0.1, 0.15) is 28.9 Å². The highest BCUT2D eigenvalue weighted by Gasteiger charge is 2.29. The average molecular weight is 350 g/mol. The number of nitro groups is 1. The van der Waals surface area contributed by atoms with Gasteiger partial charge in [-0.15, -0.1) is 0 Å². The number of esters is 1. The Morgan fingerprint density at radius 2 is 1.96 bits per heavy atom. The second kappa shape index (κ2) is 6.37. The molecule has 24 heavy (non-hydrogen) atoms. The molecule has 2 aromatic rings. The van der Waals surface area contributed by atoms with Gasteiger partial charge in [0.1, 0.15) is 11.7 Å². The minimum Gasteiger partial charge on any atom is -0.454 e. The van der Waals surface area contributed by atoms with E-state index in [1.165, 1.54) is 6.07 Å². The number of halogens is 1. The summed E-state index contributed by atoms with van der Waals surface area (Å²) in [5.41, 5.74) is -0.00493. The predicted molar refractivity (Wildman–Crippen MR) is 84.5 cm³/mol. The number of nitro benzene ring substituents is 1. The van der Waals surface area contributed by atoms with Crippen LogP contribution in [0.25, 0.3) is 0 Å². The fourth-order valence-corrected chi connectivity index (χ4v) is 2.63. The molecule has 0 saturated heterocycles. The van der Waals surface area contributed by atoms with E-state index in [9.17, 15) is 14.9 Å². The molecule has 1 atom stereocenters. The van der Waals surface area contributed by atoms with Crippen LogP contribution in [0.2, 0.25) is 5.02 Å². The number of benzene rings is 2. The van der Waals surface area contributed by atoms with Gasteiger partial charge in [0, 0.05) is 16.7 Å². The van der Waals surface area contributed by atoms with Crippen molar-refractivity contribution in [2.24, 2.45) is 0 Å². The van der Waals surface area contributed by atoms with Crippen molar-refractivity contribution < 1.29 is 23.9 Å². The topological polar surface area (TPSA) is 87.9 Å². The largest absolute Gasteiger partial charge is 0.454 e. The SMILES string of the molecule is CC(OC(=O)c1cc2c(cc1[N+](=O)[O-])OCO2)c1ccccc1Cl. The van der Waals surface area contributed by atoms with Crippen LogP contribution in [0.5, 0.6) is 11.5 Å². The van der Waals surface area contributed by atoms with Crippen molar-refractivity contribution in [1.29, 1.82) is 0 Å². The van der Waals surface area contributed by atoms with Gasteiger partial charge in [-0.1, -0.05) is 29.8 Å². The molecule has 8 heteroatoms. The number of carbonyl (C=O) groups excluding carboxylic acids is 1. The average Bonchev–Trinajstić information content (AvgIpc) is 3.01. The van der Waals surface area contributed by atoms with E-state index in [0.717, 1.165) is 6.07 Å². The molecule has 1 unspecified atom stereocenters. The predicted octanol–water partition coefficient (Wildman–Crippen LogP) is 3.89. The summed E-state index contributed by atoms with van der Waals surface area (Å²) in [5, 5.41) is 11.7. The van der Waals surface area contributed by atoms with Gasteiger partial charge in [0.25, 0.3) is 5.69 Å². The summed E-state index contributed by atoms with van der Waals surface area (Å²) in [7, 11) is 0. The summed E-state index contributed by atoms with van der Waals surface area (Å²) < 4.78 is 15.6. The lowest BCUT2D eigenvalue weighted by Crippen LogP contribution is -2.11. The molecule has 0 saturated carbocycles. The molecule has 124 valence electrons. The lowest BCUT2D eigenvalue weighted by molar-refractivity contribution is -0.385. The second-order valence-electron chi connectivity index (χ2n) is 5.05. The highest BCUT2D eigenvalue weighted by molar-refractivity contribution is 6.31. The molecule has 0 amide bonds. The Morgan fingerprint density at radius 3 is 2.62 bits per heavy atom. The molecule has 3 rings (SSSR count). The summed E-state index contributed by atoms with van der Waals surface area (Å²) in [4.78, 5) is 22.9. The number of hydrogen-bond acceptors (Lipinski definition) is 6. The number of rotatable bonds is 4. The first-order valence-electron chi connectivity index (χ1n) is 7.01. The zero-order valence-corrected chi connectivity index (χ0v) is 13.3. The van der Waals surface area contributed by atoms with Crippen LogP contribution in [-0.2, 0) is 4.74 Å². The number of hydrogen-bond donors (Lipinski definition) is 0. The Balaban J connectivity index is 1.90. The summed E-state index contributed by atoms with van der Waals surface area (Å²) in [6, 6.07) is 9.30. The maximum atomic E-state index is 12.4. The van der Waals surface area contributed by atoms with Crippen molar-refractivity contribution in [3.05, 3.63) is 62.7 Å². The molecule has 0 bridgehead atoms. The van der Waals surface area contributed by atoms with Gasteiger partial charge in [-0.25, -0.2) is 4.79 Å². The van der Waals surface area contributed by atoms with E-state index in [-0.39, 0.29) is 23.9 Å². The van der Waals surface area contributed by atoms with Gasteiger partial charge in [0.2, 0.25) is 6.79 Å². The van der Waals surface area contributed by atoms with Crippen molar-refractivity contribution >= 4 is 23.3 Å². The fraction of sp³-hybridized carbons (Fsp3) is 0.188. The molecular weight excluding hydrogens is 338 g/mol. The van der Waals surface area contributed by atoms with E-state index in [1.807, 2.05) is 0 Å². The van der Waals surface area contributed by atoms with Crippen LogP contribution in [0, 0.1) is 10.1 Å².